The first kappa shape index (κ1) is 27.6. The smallest absolute Gasteiger partial charge is 0.453 e. The van der Waals surface area contributed by atoms with E-state index in [4.69, 9.17) is 48.7 Å². The average Bonchev–Trinajstić information content (AvgIpc) is 2.81. The van der Waals surface area contributed by atoms with E-state index >= 15 is 0 Å². The van der Waals surface area contributed by atoms with Gasteiger partial charge < -0.3 is 19.2 Å². The van der Waals surface area contributed by atoms with Crippen molar-refractivity contribution in [1.29, 1.82) is 0 Å². The van der Waals surface area contributed by atoms with E-state index < -0.39 is 41.2 Å². The molecule has 4 rings (SSSR count). The molecule has 0 fully saturated rings. The highest BCUT2D eigenvalue weighted by molar-refractivity contribution is 6.35. The molecule has 198 valence electrons. The van der Waals surface area contributed by atoms with Crippen molar-refractivity contribution in [3.8, 4) is 17.2 Å². The second kappa shape index (κ2) is 10.8. The predicted molar refractivity (Wildman–Crippen MR) is 139 cm³/mol. The Morgan fingerprint density at radius 1 is 0.947 bits per heavy atom. The molecule has 1 aromatic heterocycles. The molecule has 0 radical (unpaired) electrons. The second-order valence-electron chi connectivity index (χ2n) is 8.21. The Kier molecular flexibility index (Phi) is 7.83. The van der Waals surface area contributed by atoms with Gasteiger partial charge in [-0.2, -0.15) is 13.2 Å². The summed E-state index contributed by atoms with van der Waals surface area (Å²) in [4.78, 5) is 25.3. The maximum atomic E-state index is 13.9. The summed E-state index contributed by atoms with van der Waals surface area (Å²) in [7, 11) is 0. The highest BCUT2D eigenvalue weighted by Gasteiger charge is 2.40. The monoisotopic (exact) mass is 585 g/mol. The lowest BCUT2D eigenvalue weighted by Crippen LogP contribution is -2.20. The molecule has 0 unspecified atom stereocenters. The zero-order valence-electron chi connectivity index (χ0n) is 19.6. The summed E-state index contributed by atoms with van der Waals surface area (Å²) >= 11 is 17.9. The van der Waals surface area contributed by atoms with Crippen molar-refractivity contribution >= 4 is 57.4 Å². The summed E-state index contributed by atoms with van der Waals surface area (Å²) in [6, 6.07) is 10.9. The Balaban J connectivity index is 1.62. The molecule has 0 spiro atoms. The number of aryl methyl sites for hydroxylation is 2. The molecule has 0 saturated heterocycles. The molecule has 1 amide bonds. The van der Waals surface area contributed by atoms with Crippen molar-refractivity contribution in [3.63, 3.8) is 0 Å². The highest BCUT2D eigenvalue weighted by atomic mass is 35.5. The molecule has 12 heteroatoms. The zero-order valence-corrected chi connectivity index (χ0v) is 21.9. The topological polar surface area (TPSA) is 77.8 Å². The third-order valence-electron chi connectivity index (χ3n) is 5.23. The van der Waals surface area contributed by atoms with Gasteiger partial charge in [-0.15, -0.1) is 0 Å². The van der Waals surface area contributed by atoms with Crippen LogP contribution in [0.15, 0.2) is 57.7 Å². The number of hydrogen-bond acceptors (Lipinski definition) is 5. The number of benzene rings is 3. The van der Waals surface area contributed by atoms with Gasteiger partial charge >= 0.3 is 6.18 Å². The number of anilines is 1. The Morgan fingerprint density at radius 3 is 2.18 bits per heavy atom. The first-order valence-electron chi connectivity index (χ1n) is 10.8. The standard InChI is InChI=1S/C26H17Cl3F3NO5/c1-12-5-18(6-13(2)22(12)29)37-24-23(35)19-4-3-17(10-20(19)38-25(24)26(30,31)32)36-11-21(34)33-16-8-14(27)7-15(28)9-16/h3-10H,11H2,1-2H3,(H,33,34). The summed E-state index contributed by atoms with van der Waals surface area (Å²) in [5.41, 5.74) is 0.00652. The third kappa shape index (κ3) is 6.18. The van der Waals surface area contributed by atoms with Gasteiger partial charge in [0.1, 0.15) is 17.1 Å². The third-order valence-corrected chi connectivity index (χ3v) is 6.26. The molecule has 0 aliphatic rings. The normalized spacial score (nSPS) is 11.5. The lowest BCUT2D eigenvalue weighted by atomic mass is 10.1. The Bertz CT molecular complexity index is 1580. The number of alkyl halides is 3. The van der Waals surface area contributed by atoms with E-state index in [1.165, 1.54) is 42.5 Å². The summed E-state index contributed by atoms with van der Waals surface area (Å²) in [5.74, 6) is -3.23. The minimum absolute atomic E-state index is 0.00601. The summed E-state index contributed by atoms with van der Waals surface area (Å²) in [6.07, 6.45) is -5.05. The van der Waals surface area contributed by atoms with Crippen LogP contribution in [0.1, 0.15) is 16.9 Å². The molecule has 0 aliphatic heterocycles. The predicted octanol–water partition coefficient (Wildman–Crippen LogP) is 8.20. The van der Waals surface area contributed by atoms with Crippen LogP contribution in [-0.2, 0) is 11.0 Å². The van der Waals surface area contributed by atoms with Crippen molar-refractivity contribution in [2.24, 2.45) is 0 Å². The zero-order chi connectivity index (χ0) is 27.8. The van der Waals surface area contributed by atoms with Crippen LogP contribution in [0.5, 0.6) is 17.2 Å². The number of rotatable bonds is 6. The molecular weight excluding hydrogens is 570 g/mol. The van der Waals surface area contributed by atoms with E-state index in [-0.39, 0.29) is 16.9 Å². The summed E-state index contributed by atoms with van der Waals surface area (Å²) in [5, 5.41) is 3.40. The van der Waals surface area contributed by atoms with Crippen LogP contribution < -0.4 is 20.2 Å². The van der Waals surface area contributed by atoms with Crippen molar-refractivity contribution in [1.82, 2.24) is 0 Å². The maximum absolute atomic E-state index is 13.9. The molecule has 38 heavy (non-hydrogen) atoms. The minimum Gasteiger partial charge on any atom is -0.484 e. The number of ether oxygens (including phenoxy) is 2. The van der Waals surface area contributed by atoms with Gasteiger partial charge in [0.15, 0.2) is 6.61 Å². The van der Waals surface area contributed by atoms with Gasteiger partial charge in [-0.05, 0) is 67.4 Å². The molecule has 0 saturated carbocycles. The molecule has 6 nitrogen and oxygen atoms in total. The van der Waals surface area contributed by atoms with E-state index in [9.17, 15) is 22.8 Å². The number of halogens is 6. The SMILES string of the molecule is Cc1cc(Oc2c(C(F)(F)F)oc3cc(OCC(=O)Nc4cc(Cl)cc(Cl)c4)ccc3c2=O)cc(C)c1Cl. The average molecular weight is 587 g/mol. The molecule has 1 heterocycles. The van der Waals surface area contributed by atoms with E-state index in [1.54, 1.807) is 13.8 Å². The van der Waals surface area contributed by atoms with Crippen LogP contribution in [0.3, 0.4) is 0 Å². The van der Waals surface area contributed by atoms with E-state index in [0.717, 1.165) is 6.07 Å². The van der Waals surface area contributed by atoms with Gasteiger partial charge in [-0.1, -0.05) is 34.8 Å². The van der Waals surface area contributed by atoms with Crippen molar-refractivity contribution < 1.29 is 31.9 Å². The van der Waals surface area contributed by atoms with Gasteiger partial charge in [0, 0.05) is 26.8 Å². The molecule has 0 atom stereocenters. The van der Waals surface area contributed by atoms with Gasteiger partial charge in [0.2, 0.25) is 11.2 Å². The van der Waals surface area contributed by atoms with Gasteiger partial charge in [0.05, 0.1) is 5.39 Å². The molecule has 3 aromatic carbocycles. The van der Waals surface area contributed by atoms with E-state index in [2.05, 4.69) is 5.32 Å². The van der Waals surface area contributed by atoms with Crippen molar-refractivity contribution in [2.75, 3.05) is 11.9 Å². The molecule has 1 N–H and O–H groups in total. The van der Waals surface area contributed by atoms with Crippen LogP contribution in [0.25, 0.3) is 11.0 Å². The molecular formula is C26H17Cl3F3NO5. The van der Waals surface area contributed by atoms with Gasteiger partial charge in [0.25, 0.3) is 11.7 Å². The first-order valence-corrected chi connectivity index (χ1v) is 12.0. The van der Waals surface area contributed by atoms with E-state index in [1.807, 2.05) is 0 Å². The number of nitrogens with one attached hydrogen (secondary N) is 1. The first-order chi connectivity index (χ1) is 17.8. The fourth-order valence-electron chi connectivity index (χ4n) is 3.58. The van der Waals surface area contributed by atoms with Gasteiger partial charge in [-0.25, -0.2) is 0 Å². The van der Waals surface area contributed by atoms with Crippen LogP contribution in [0, 0.1) is 13.8 Å². The fourth-order valence-corrected chi connectivity index (χ4v) is 4.22. The number of hydrogen-bond donors (Lipinski definition) is 1. The summed E-state index contributed by atoms with van der Waals surface area (Å²) < 4.78 is 57.4. The van der Waals surface area contributed by atoms with E-state index in [0.29, 0.717) is 31.9 Å². The van der Waals surface area contributed by atoms with Crippen LogP contribution in [-0.4, -0.2) is 12.5 Å². The highest BCUT2D eigenvalue weighted by Crippen LogP contribution is 2.39. The Labute approximate surface area is 228 Å². The number of carbonyl (C=O) groups excluding carboxylic acids is 1. The number of carbonyl (C=O) groups is 1. The van der Waals surface area contributed by atoms with Crippen LogP contribution in [0.2, 0.25) is 15.1 Å². The minimum atomic E-state index is -5.05. The van der Waals surface area contributed by atoms with Crippen LogP contribution in [0.4, 0.5) is 18.9 Å². The number of fused-ring (bicyclic) bond motifs is 1. The maximum Gasteiger partial charge on any atom is 0.453 e. The summed E-state index contributed by atoms with van der Waals surface area (Å²) in [6.45, 7) is 2.81. The molecule has 0 bridgehead atoms. The lowest BCUT2D eigenvalue weighted by molar-refractivity contribution is -0.154. The molecule has 0 aliphatic carbocycles. The quantitative estimate of drug-likeness (QED) is 0.246. The Morgan fingerprint density at radius 2 is 1.58 bits per heavy atom. The van der Waals surface area contributed by atoms with Gasteiger partial charge in [-0.3, -0.25) is 9.59 Å². The van der Waals surface area contributed by atoms with Crippen molar-refractivity contribution in [3.05, 3.63) is 90.7 Å². The Hall–Kier alpha value is -3.40. The largest absolute Gasteiger partial charge is 0.484 e. The van der Waals surface area contributed by atoms with Crippen molar-refractivity contribution in [2.45, 2.75) is 20.0 Å². The number of amides is 1. The van der Waals surface area contributed by atoms with Crippen LogP contribution >= 0.6 is 34.8 Å². The lowest BCUT2D eigenvalue weighted by Gasteiger charge is -2.15. The molecule has 4 aromatic rings. The second-order valence-corrected chi connectivity index (χ2v) is 9.46. The fraction of sp³-hybridized carbons (Fsp3) is 0.154.